The van der Waals surface area contributed by atoms with Gasteiger partial charge in [0.25, 0.3) is 0 Å². The maximum atomic E-state index is 2.57. The van der Waals surface area contributed by atoms with Crippen LogP contribution >= 0.6 is 0 Å². The first-order valence-electron chi connectivity index (χ1n) is 11.1. The average Bonchev–Trinajstić information content (AvgIpc) is 2.60. The van der Waals surface area contributed by atoms with E-state index in [9.17, 15) is 0 Å². The van der Waals surface area contributed by atoms with Crippen molar-refractivity contribution >= 4 is 0 Å². The summed E-state index contributed by atoms with van der Waals surface area (Å²) in [6.45, 7) is 7.58. The summed E-state index contributed by atoms with van der Waals surface area (Å²) in [5, 5.41) is 0. The normalized spacial score (nSPS) is 43.4. The fraction of sp³-hybridized carbons (Fsp3) is 1.00. The van der Waals surface area contributed by atoms with Crippen molar-refractivity contribution in [3.63, 3.8) is 0 Å². The zero-order valence-electron chi connectivity index (χ0n) is 16.2. The Balaban J connectivity index is 1.39. The molecule has 3 saturated carbocycles. The Kier molecular flexibility index (Phi) is 6.50. The van der Waals surface area contributed by atoms with Crippen LogP contribution in [-0.2, 0) is 0 Å². The zero-order valence-corrected chi connectivity index (χ0v) is 16.2. The molecule has 0 aromatic heterocycles. The lowest BCUT2D eigenvalue weighted by molar-refractivity contribution is 0.0564. The van der Waals surface area contributed by atoms with Gasteiger partial charge in [0, 0.05) is 0 Å². The van der Waals surface area contributed by atoms with Gasteiger partial charge in [-0.3, -0.25) is 0 Å². The van der Waals surface area contributed by atoms with Gasteiger partial charge in [0.05, 0.1) is 0 Å². The lowest BCUT2D eigenvalue weighted by Gasteiger charge is -2.44. The van der Waals surface area contributed by atoms with Gasteiger partial charge in [-0.25, -0.2) is 0 Å². The Hall–Kier alpha value is 0. The van der Waals surface area contributed by atoms with E-state index in [0.717, 1.165) is 41.4 Å². The second-order valence-corrected chi connectivity index (χ2v) is 9.80. The van der Waals surface area contributed by atoms with Crippen LogP contribution in [0.5, 0.6) is 0 Å². The second kappa shape index (κ2) is 8.39. The molecule has 0 aromatic carbocycles. The first kappa shape index (κ1) is 17.8. The molecule has 0 aliphatic heterocycles. The van der Waals surface area contributed by atoms with Crippen LogP contribution < -0.4 is 0 Å². The molecule has 3 aliphatic carbocycles. The third-order valence-electron chi connectivity index (χ3n) is 8.56. The van der Waals surface area contributed by atoms with Crippen LogP contribution in [0.1, 0.15) is 104 Å². The summed E-state index contributed by atoms with van der Waals surface area (Å²) < 4.78 is 0. The molecule has 3 fully saturated rings. The minimum atomic E-state index is 0.956. The fourth-order valence-corrected chi connectivity index (χ4v) is 6.41. The molecular weight excluding hydrogens is 276 g/mol. The van der Waals surface area contributed by atoms with Crippen LogP contribution in [0.3, 0.4) is 0 Å². The molecule has 23 heavy (non-hydrogen) atoms. The SMILES string of the molecule is CC1CCC(C2CCC(CCC3CCCCC3)CC2)C(C)C1C. The Morgan fingerprint density at radius 2 is 1.17 bits per heavy atom. The van der Waals surface area contributed by atoms with Crippen LogP contribution in [-0.4, -0.2) is 0 Å². The van der Waals surface area contributed by atoms with Crippen LogP contribution in [0.25, 0.3) is 0 Å². The van der Waals surface area contributed by atoms with Crippen molar-refractivity contribution in [2.45, 2.75) is 104 Å². The van der Waals surface area contributed by atoms with E-state index in [1.54, 1.807) is 51.4 Å². The van der Waals surface area contributed by atoms with Crippen molar-refractivity contribution in [2.24, 2.45) is 41.4 Å². The highest BCUT2D eigenvalue weighted by atomic mass is 14.4. The summed E-state index contributed by atoms with van der Waals surface area (Å²) >= 11 is 0. The second-order valence-electron chi connectivity index (χ2n) is 9.80. The standard InChI is InChI=1S/C23H42/c1-17-9-16-23(19(3)18(17)2)22-14-12-21(13-15-22)11-10-20-7-5-4-6-8-20/h17-23H,4-16H2,1-3H3. The van der Waals surface area contributed by atoms with Crippen LogP contribution in [0.4, 0.5) is 0 Å². The molecule has 0 bridgehead atoms. The zero-order chi connectivity index (χ0) is 16.2. The summed E-state index contributed by atoms with van der Waals surface area (Å²) in [5.41, 5.74) is 0. The van der Waals surface area contributed by atoms with Crippen molar-refractivity contribution in [1.82, 2.24) is 0 Å². The molecular formula is C23H42. The summed E-state index contributed by atoms with van der Waals surface area (Å²) in [6, 6.07) is 0. The van der Waals surface area contributed by atoms with Crippen molar-refractivity contribution in [2.75, 3.05) is 0 Å². The van der Waals surface area contributed by atoms with E-state index in [1.807, 2.05) is 0 Å². The maximum Gasteiger partial charge on any atom is -0.0357 e. The third-order valence-corrected chi connectivity index (χ3v) is 8.56. The summed E-state index contributed by atoms with van der Waals surface area (Å²) in [5.74, 6) is 7.21. The molecule has 3 aliphatic rings. The first-order valence-corrected chi connectivity index (χ1v) is 11.1. The predicted molar refractivity (Wildman–Crippen MR) is 101 cm³/mol. The largest absolute Gasteiger partial charge is 0.0622 e. The van der Waals surface area contributed by atoms with E-state index in [0.29, 0.717) is 0 Å². The Morgan fingerprint density at radius 1 is 0.565 bits per heavy atom. The van der Waals surface area contributed by atoms with E-state index in [-0.39, 0.29) is 0 Å². The molecule has 0 heteroatoms. The minimum Gasteiger partial charge on any atom is -0.0622 e. The van der Waals surface area contributed by atoms with Gasteiger partial charge in [-0.15, -0.1) is 0 Å². The molecule has 134 valence electrons. The molecule has 0 amide bonds. The van der Waals surface area contributed by atoms with Crippen LogP contribution in [0, 0.1) is 41.4 Å². The monoisotopic (exact) mass is 318 g/mol. The molecule has 3 rings (SSSR count). The van der Waals surface area contributed by atoms with Crippen molar-refractivity contribution in [3.05, 3.63) is 0 Å². The Morgan fingerprint density at radius 3 is 1.83 bits per heavy atom. The molecule has 0 radical (unpaired) electrons. The van der Waals surface area contributed by atoms with Crippen molar-refractivity contribution in [3.8, 4) is 0 Å². The predicted octanol–water partition coefficient (Wildman–Crippen LogP) is 7.47. The fourth-order valence-electron chi connectivity index (χ4n) is 6.41. The smallest absolute Gasteiger partial charge is 0.0357 e. The molecule has 0 N–H and O–H groups in total. The van der Waals surface area contributed by atoms with E-state index in [4.69, 9.17) is 0 Å². The number of hydrogen-bond donors (Lipinski definition) is 0. The van der Waals surface area contributed by atoms with Crippen LogP contribution in [0.2, 0.25) is 0 Å². The minimum absolute atomic E-state index is 0.956. The van der Waals surface area contributed by atoms with E-state index in [1.165, 1.54) is 32.1 Å². The molecule has 4 atom stereocenters. The third kappa shape index (κ3) is 4.55. The van der Waals surface area contributed by atoms with Gasteiger partial charge in [-0.05, 0) is 60.7 Å². The van der Waals surface area contributed by atoms with E-state index >= 15 is 0 Å². The molecule has 4 unspecified atom stereocenters. The molecule has 0 saturated heterocycles. The van der Waals surface area contributed by atoms with Gasteiger partial charge in [0.2, 0.25) is 0 Å². The topological polar surface area (TPSA) is 0 Å². The van der Waals surface area contributed by atoms with Gasteiger partial charge >= 0.3 is 0 Å². The molecule has 0 heterocycles. The number of rotatable bonds is 4. The van der Waals surface area contributed by atoms with Gasteiger partial charge < -0.3 is 0 Å². The van der Waals surface area contributed by atoms with Crippen LogP contribution in [0.15, 0.2) is 0 Å². The highest BCUT2D eigenvalue weighted by Crippen LogP contribution is 2.47. The quantitative estimate of drug-likeness (QED) is 0.504. The maximum absolute atomic E-state index is 2.57. The first-order chi connectivity index (χ1) is 11.1. The van der Waals surface area contributed by atoms with Crippen molar-refractivity contribution < 1.29 is 0 Å². The Labute approximate surface area is 146 Å². The van der Waals surface area contributed by atoms with Gasteiger partial charge in [-0.2, -0.15) is 0 Å². The molecule has 0 nitrogen and oxygen atoms in total. The summed E-state index contributed by atoms with van der Waals surface area (Å²) in [4.78, 5) is 0. The highest BCUT2D eigenvalue weighted by Gasteiger charge is 2.37. The number of hydrogen-bond acceptors (Lipinski definition) is 0. The van der Waals surface area contributed by atoms with Gasteiger partial charge in [0.15, 0.2) is 0 Å². The Bertz CT molecular complexity index is 332. The summed E-state index contributed by atoms with van der Waals surface area (Å²) in [6.07, 6.45) is 20.0. The van der Waals surface area contributed by atoms with Crippen molar-refractivity contribution in [1.29, 1.82) is 0 Å². The average molecular weight is 319 g/mol. The van der Waals surface area contributed by atoms with E-state index in [2.05, 4.69) is 20.8 Å². The van der Waals surface area contributed by atoms with E-state index < -0.39 is 0 Å². The highest BCUT2D eigenvalue weighted by molar-refractivity contribution is 4.87. The lowest BCUT2D eigenvalue weighted by Crippen LogP contribution is -2.35. The molecule has 0 spiro atoms. The van der Waals surface area contributed by atoms with Gasteiger partial charge in [0.1, 0.15) is 0 Å². The summed E-state index contributed by atoms with van der Waals surface area (Å²) in [7, 11) is 0. The molecule has 0 aromatic rings. The van der Waals surface area contributed by atoms with Gasteiger partial charge in [-0.1, -0.05) is 85.0 Å². The lowest BCUT2D eigenvalue weighted by atomic mass is 9.61.